The first-order chi connectivity index (χ1) is 10.8. The van der Waals surface area contributed by atoms with Crippen molar-refractivity contribution in [2.75, 3.05) is 20.6 Å². The summed E-state index contributed by atoms with van der Waals surface area (Å²) < 4.78 is 6.64. The number of likely N-dealkylation sites (N-methyl/N-ethyl adjacent to an activating group) is 1. The molecule has 0 saturated carbocycles. The van der Waals surface area contributed by atoms with Gasteiger partial charge in [0.1, 0.15) is 11.6 Å². The van der Waals surface area contributed by atoms with Crippen LogP contribution in [0.1, 0.15) is 17.5 Å². The Balaban J connectivity index is 1.91. The largest absolute Gasteiger partial charge is 0.504 e. The van der Waals surface area contributed by atoms with Gasteiger partial charge in [0.25, 0.3) is 0 Å². The van der Waals surface area contributed by atoms with Crippen molar-refractivity contribution in [3.8, 4) is 11.5 Å². The monoisotopic (exact) mass is 314 g/mol. The highest BCUT2D eigenvalue weighted by atomic mass is 16.5. The van der Waals surface area contributed by atoms with Gasteiger partial charge in [-0.25, -0.2) is 0 Å². The lowest BCUT2D eigenvalue weighted by Gasteiger charge is -2.61. The Labute approximate surface area is 134 Å². The molecule has 2 aliphatic heterocycles. The molecular weight excluding hydrogens is 294 g/mol. The second kappa shape index (κ2) is 3.62. The summed E-state index contributed by atoms with van der Waals surface area (Å²) in [6.45, 7) is 0.864. The van der Waals surface area contributed by atoms with Gasteiger partial charge in [-0.05, 0) is 23.8 Å². The van der Waals surface area contributed by atoms with E-state index in [0.29, 0.717) is 23.1 Å². The molecule has 23 heavy (non-hydrogen) atoms. The van der Waals surface area contributed by atoms with Crippen LogP contribution in [-0.4, -0.2) is 58.9 Å². The molecule has 0 amide bonds. The van der Waals surface area contributed by atoms with Crippen molar-refractivity contribution < 1.29 is 24.2 Å². The highest BCUT2D eigenvalue weighted by Crippen LogP contribution is 2.64. The Hall–Kier alpha value is -1.85. The Morgan fingerprint density at radius 1 is 1.35 bits per heavy atom. The van der Waals surface area contributed by atoms with Crippen LogP contribution in [0.3, 0.4) is 0 Å². The average molecular weight is 314 g/mol. The molecule has 1 spiro atoms. The van der Waals surface area contributed by atoms with E-state index in [1.54, 1.807) is 12.1 Å². The van der Waals surface area contributed by atoms with Gasteiger partial charge >= 0.3 is 0 Å². The molecule has 2 N–H and O–H groups in total. The Bertz CT molecular complexity index is 798. The number of benzene rings is 1. The highest BCUT2D eigenvalue weighted by Gasteiger charge is 2.74. The van der Waals surface area contributed by atoms with Gasteiger partial charge in [0.15, 0.2) is 23.4 Å². The van der Waals surface area contributed by atoms with Gasteiger partial charge in [-0.3, -0.25) is 4.79 Å². The predicted octanol–water partition coefficient (Wildman–Crippen LogP) is 0.666. The zero-order valence-electron chi connectivity index (χ0n) is 13.2. The van der Waals surface area contributed by atoms with E-state index in [2.05, 4.69) is 14.1 Å². The van der Waals surface area contributed by atoms with Gasteiger partial charge in [-0.15, -0.1) is 0 Å². The third-order valence-electron chi connectivity index (χ3n) is 6.67. The molecule has 1 aromatic rings. The summed E-state index contributed by atoms with van der Waals surface area (Å²) in [5, 5.41) is 22.0. The van der Waals surface area contributed by atoms with Crippen molar-refractivity contribution in [3.63, 3.8) is 0 Å². The summed E-state index contributed by atoms with van der Waals surface area (Å²) >= 11 is 0. The number of aromatic hydroxyl groups is 1. The van der Waals surface area contributed by atoms with Crippen molar-refractivity contribution >= 4 is 5.78 Å². The molecular formula is C18H20NO4+. The number of carbonyl (C=O) groups excluding carboxylic acids is 1. The number of carbonyl (C=O) groups is 1. The number of ketones is 1. The molecule has 4 atom stereocenters. The number of piperidine rings is 1. The average Bonchev–Trinajstić information content (AvgIpc) is 2.86. The van der Waals surface area contributed by atoms with E-state index in [1.165, 1.54) is 6.08 Å². The number of rotatable bonds is 0. The van der Waals surface area contributed by atoms with Crippen LogP contribution in [0.2, 0.25) is 0 Å². The molecule has 5 nitrogen and oxygen atoms in total. The smallest absolute Gasteiger partial charge is 0.197 e. The third-order valence-corrected chi connectivity index (χ3v) is 6.67. The number of ether oxygens (including phenoxy) is 1. The summed E-state index contributed by atoms with van der Waals surface area (Å²) in [6.07, 6.45) is 3.80. The molecule has 5 rings (SSSR count). The van der Waals surface area contributed by atoms with Gasteiger partial charge < -0.3 is 19.4 Å². The molecule has 2 bridgehead atoms. The molecule has 0 aromatic heterocycles. The van der Waals surface area contributed by atoms with Gasteiger partial charge in [0.05, 0.1) is 26.1 Å². The molecule has 2 heterocycles. The SMILES string of the molecule is C[N+]1(C)CC[C@]23c4c5ccc(O)c4O[C@H]2C(=O)C=CC3(O)[C@H]1C5. The number of hydrogen-bond donors (Lipinski definition) is 2. The first-order valence-corrected chi connectivity index (χ1v) is 8.11. The van der Waals surface area contributed by atoms with Crippen LogP contribution < -0.4 is 4.74 Å². The molecule has 2 aliphatic carbocycles. The molecule has 120 valence electrons. The van der Waals surface area contributed by atoms with E-state index in [9.17, 15) is 15.0 Å². The van der Waals surface area contributed by atoms with Gasteiger partial charge in [-0.2, -0.15) is 0 Å². The minimum Gasteiger partial charge on any atom is -0.504 e. The van der Waals surface area contributed by atoms with Crippen molar-refractivity contribution in [2.24, 2.45) is 0 Å². The van der Waals surface area contributed by atoms with E-state index in [4.69, 9.17) is 4.74 Å². The summed E-state index contributed by atoms with van der Waals surface area (Å²) in [6, 6.07) is 3.53. The topological polar surface area (TPSA) is 66.8 Å². The molecule has 1 unspecified atom stereocenters. The number of likely N-dealkylation sites (tertiary alicyclic amines) is 1. The molecule has 1 saturated heterocycles. The fourth-order valence-electron chi connectivity index (χ4n) is 5.53. The molecule has 4 aliphatic rings. The summed E-state index contributed by atoms with van der Waals surface area (Å²) in [7, 11) is 4.27. The zero-order valence-corrected chi connectivity index (χ0v) is 13.2. The van der Waals surface area contributed by atoms with Gasteiger partial charge in [0.2, 0.25) is 0 Å². The number of hydrogen-bond acceptors (Lipinski definition) is 4. The number of nitrogens with zero attached hydrogens (tertiary/aromatic N) is 1. The van der Waals surface area contributed by atoms with Gasteiger partial charge in [-0.1, -0.05) is 6.07 Å². The first kappa shape index (κ1) is 13.6. The van der Waals surface area contributed by atoms with Crippen LogP contribution in [0.4, 0.5) is 0 Å². The Kier molecular flexibility index (Phi) is 2.14. The lowest BCUT2D eigenvalue weighted by Crippen LogP contribution is -2.78. The maximum Gasteiger partial charge on any atom is 0.197 e. The summed E-state index contributed by atoms with van der Waals surface area (Å²) in [5.74, 6) is 0.332. The highest BCUT2D eigenvalue weighted by molar-refractivity contribution is 5.98. The lowest BCUT2D eigenvalue weighted by molar-refractivity contribution is -0.929. The van der Waals surface area contributed by atoms with E-state index in [1.807, 2.05) is 6.07 Å². The van der Waals surface area contributed by atoms with Crippen LogP contribution >= 0.6 is 0 Å². The van der Waals surface area contributed by atoms with Crippen molar-refractivity contribution in [1.29, 1.82) is 0 Å². The van der Waals surface area contributed by atoms with E-state index in [-0.39, 0.29) is 17.6 Å². The Morgan fingerprint density at radius 2 is 2.13 bits per heavy atom. The summed E-state index contributed by atoms with van der Waals surface area (Å²) in [4.78, 5) is 12.5. The van der Waals surface area contributed by atoms with E-state index in [0.717, 1.165) is 17.7 Å². The van der Waals surface area contributed by atoms with Crippen molar-refractivity contribution in [3.05, 3.63) is 35.4 Å². The van der Waals surface area contributed by atoms with E-state index >= 15 is 0 Å². The standard InChI is InChI=1S/C18H19NO4/c1-19(2)8-7-17-14-10-3-4-11(20)15(14)23-16(17)12(21)5-6-18(17,22)13(19)9-10/h3-6,13,16,22H,7-9H2,1-2H3/p+1/t13-,16+,17+,18?/m1/s1. The van der Waals surface area contributed by atoms with Crippen LogP contribution in [0, 0.1) is 0 Å². The van der Waals surface area contributed by atoms with E-state index < -0.39 is 17.1 Å². The van der Waals surface area contributed by atoms with Crippen LogP contribution in [0.25, 0.3) is 0 Å². The molecule has 1 aromatic carbocycles. The molecule has 0 radical (unpaired) electrons. The van der Waals surface area contributed by atoms with Crippen molar-refractivity contribution in [1.82, 2.24) is 0 Å². The minimum absolute atomic E-state index is 0.0327. The normalized spacial score (nSPS) is 41.4. The van der Waals surface area contributed by atoms with Crippen molar-refractivity contribution in [2.45, 2.75) is 36.0 Å². The maximum absolute atomic E-state index is 12.5. The third kappa shape index (κ3) is 1.24. The second-order valence-corrected chi connectivity index (χ2v) is 7.95. The number of phenolic OH excluding ortho intramolecular Hbond substituents is 1. The van der Waals surface area contributed by atoms with Crippen LogP contribution in [0.15, 0.2) is 24.3 Å². The van der Waals surface area contributed by atoms with Crippen LogP contribution in [0.5, 0.6) is 11.5 Å². The molecule has 5 heteroatoms. The number of aliphatic hydroxyl groups is 1. The zero-order chi connectivity index (χ0) is 16.2. The first-order valence-electron chi connectivity index (χ1n) is 8.11. The number of quaternary nitrogens is 1. The lowest BCUT2D eigenvalue weighted by atomic mass is 9.50. The van der Waals surface area contributed by atoms with Gasteiger partial charge in [0, 0.05) is 18.4 Å². The predicted molar refractivity (Wildman–Crippen MR) is 82.4 cm³/mol. The maximum atomic E-state index is 12.5. The minimum atomic E-state index is -1.13. The fraction of sp³-hybridized carbons (Fsp3) is 0.500. The molecule has 1 fully saturated rings. The number of phenols is 1. The second-order valence-electron chi connectivity index (χ2n) is 7.95. The van der Waals surface area contributed by atoms with Crippen LogP contribution in [-0.2, 0) is 16.6 Å². The quantitative estimate of drug-likeness (QED) is 0.691. The Morgan fingerprint density at radius 3 is 2.91 bits per heavy atom. The fourth-order valence-corrected chi connectivity index (χ4v) is 5.53. The summed E-state index contributed by atoms with van der Waals surface area (Å²) in [5.41, 5.74) is 0.0563.